The summed E-state index contributed by atoms with van der Waals surface area (Å²) in [4.78, 5) is 19.3. The predicted octanol–water partition coefficient (Wildman–Crippen LogP) is 1.17. The van der Waals surface area contributed by atoms with E-state index in [4.69, 9.17) is 0 Å². The van der Waals surface area contributed by atoms with Gasteiger partial charge in [-0.05, 0) is 33.8 Å². The summed E-state index contributed by atoms with van der Waals surface area (Å²) in [5.41, 5.74) is 2.90. The average Bonchev–Trinajstić information content (AvgIpc) is 2.81. The summed E-state index contributed by atoms with van der Waals surface area (Å²) in [6.45, 7) is 10.4. The zero-order chi connectivity index (χ0) is 15.2. The summed E-state index contributed by atoms with van der Waals surface area (Å²) in [6.07, 6.45) is 1.63. The fraction of sp³-hybridized carbons (Fsp3) is 0.533. The predicted molar refractivity (Wildman–Crippen MR) is 80.4 cm³/mol. The summed E-state index contributed by atoms with van der Waals surface area (Å²) >= 11 is 0. The molecule has 0 aliphatic carbocycles. The number of carbonyl (C=O) groups excluding carboxylic acids is 1. The largest absolute Gasteiger partial charge is 0.331 e. The number of nitrogens with zero attached hydrogens (tertiary/aromatic N) is 4. The molecule has 0 saturated carbocycles. The molecule has 0 bridgehead atoms. The van der Waals surface area contributed by atoms with E-state index < -0.39 is 0 Å². The third-order valence-corrected chi connectivity index (χ3v) is 4.05. The Morgan fingerprint density at radius 2 is 2.14 bits per heavy atom. The minimum atomic E-state index is -0.206. The van der Waals surface area contributed by atoms with Gasteiger partial charge in [-0.25, -0.2) is 9.50 Å². The van der Waals surface area contributed by atoms with Crippen LogP contribution in [0.4, 0.5) is 0 Å². The second-order valence-electron chi connectivity index (χ2n) is 6.28. The Kier molecular flexibility index (Phi) is 3.20. The highest BCUT2D eigenvalue weighted by Crippen LogP contribution is 2.21. The molecule has 2 aromatic rings. The first kappa shape index (κ1) is 14.0. The van der Waals surface area contributed by atoms with Crippen molar-refractivity contribution < 1.29 is 4.79 Å². The van der Waals surface area contributed by atoms with Gasteiger partial charge in [0.05, 0.1) is 11.7 Å². The molecule has 6 nitrogen and oxygen atoms in total. The van der Waals surface area contributed by atoms with Crippen LogP contribution in [0.2, 0.25) is 0 Å². The van der Waals surface area contributed by atoms with E-state index in [-0.39, 0.29) is 11.4 Å². The Morgan fingerprint density at radius 3 is 2.86 bits per heavy atom. The van der Waals surface area contributed by atoms with Crippen molar-refractivity contribution in [1.29, 1.82) is 0 Å². The van der Waals surface area contributed by atoms with Gasteiger partial charge >= 0.3 is 0 Å². The van der Waals surface area contributed by atoms with Crippen molar-refractivity contribution in [1.82, 2.24) is 24.8 Å². The lowest BCUT2D eigenvalue weighted by atomic mass is 9.99. The van der Waals surface area contributed by atoms with Crippen LogP contribution in [0.3, 0.4) is 0 Å². The van der Waals surface area contributed by atoms with Gasteiger partial charge in [0.15, 0.2) is 5.65 Å². The third kappa shape index (κ3) is 2.29. The van der Waals surface area contributed by atoms with Gasteiger partial charge in [-0.15, -0.1) is 0 Å². The van der Waals surface area contributed by atoms with Crippen LogP contribution in [0.25, 0.3) is 5.65 Å². The molecule has 6 heteroatoms. The van der Waals surface area contributed by atoms with Gasteiger partial charge in [0.2, 0.25) is 0 Å². The number of hydrogen-bond acceptors (Lipinski definition) is 4. The topological polar surface area (TPSA) is 62.5 Å². The van der Waals surface area contributed by atoms with E-state index in [1.807, 2.05) is 24.8 Å². The molecule has 21 heavy (non-hydrogen) atoms. The maximum Gasteiger partial charge on any atom is 0.259 e. The Bertz CT molecular complexity index is 703. The van der Waals surface area contributed by atoms with Gasteiger partial charge in [-0.3, -0.25) is 4.79 Å². The molecule has 112 valence electrons. The summed E-state index contributed by atoms with van der Waals surface area (Å²) in [5, 5.41) is 7.64. The first-order valence-electron chi connectivity index (χ1n) is 7.25. The van der Waals surface area contributed by atoms with Crippen LogP contribution in [-0.2, 0) is 0 Å². The number of nitrogens with one attached hydrogen (secondary N) is 1. The minimum absolute atomic E-state index is 0.00833. The van der Waals surface area contributed by atoms with Crippen molar-refractivity contribution in [2.45, 2.75) is 33.2 Å². The Balaban J connectivity index is 2.06. The van der Waals surface area contributed by atoms with Crippen LogP contribution in [0, 0.1) is 13.8 Å². The number of aromatic nitrogens is 3. The summed E-state index contributed by atoms with van der Waals surface area (Å²) in [6, 6.07) is 1.96. The maximum absolute atomic E-state index is 12.9. The summed E-state index contributed by atoms with van der Waals surface area (Å²) in [5.74, 6) is 0.00833. The standard InChI is InChI=1S/C15H21N5O/c1-10-7-11(2)20-13(18-10)12(8-17-20)14(21)19-6-5-16-9-15(19,3)4/h7-8,16H,5-6,9H2,1-4H3. The fourth-order valence-corrected chi connectivity index (χ4v) is 2.93. The molecule has 2 aromatic heterocycles. The molecule has 1 N–H and O–H groups in total. The van der Waals surface area contributed by atoms with E-state index in [1.165, 1.54) is 0 Å². The zero-order valence-corrected chi connectivity index (χ0v) is 13.0. The molecular weight excluding hydrogens is 266 g/mol. The number of piperazine rings is 1. The normalized spacial score (nSPS) is 18.2. The molecule has 0 radical (unpaired) electrons. The lowest BCUT2D eigenvalue weighted by Crippen LogP contribution is -2.59. The molecule has 1 aliphatic heterocycles. The number of hydrogen-bond donors (Lipinski definition) is 1. The molecule has 1 saturated heterocycles. The number of amides is 1. The van der Waals surface area contributed by atoms with Crippen molar-refractivity contribution >= 4 is 11.6 Å². The number of carbonyl (C=O) groups is 1. The van der Waals surface area contributed by atoms with Crippen LogP contribution < -0.4 is 5.32 Å². The van der Waals surface area contributed by atoms with Gasteiger partial charge in [0.25, 0.3) is 5.91 Å². The Hall–Kier alpha value is -1.95. The highest BCUT2D eigenvalue weighted by atomic mass is 16.2. The van der Waals surface area contributed by atoms with Crippen molar-refractivity contribution in [3.8, 4) is 0 Å². The number of aryl methyl sites for hydroxylation is 2. The van der Waals surface area contributed by atoms with Gasteiger partial charge in [-0.1, -0.05) is 0 Å². The minimum Gasteiger partial charge on any atom is -0.331 e. The van der Waals surface area contributed by atoms with Crippen molar-refractivity contribution in [3.63, 3.8) is 0 Å². The highest BCUT2D eigenvalue weighted by molar-refractivity contribution is 6.00. The lowest BCUT2D eigenvalue weighted by Gasteiger charge is -2.42. The molecule has 0 atom stereocenters. The highest BCUT2D eigenvalue weighted by Gasteiger charge is 2.35. The molecule has 0 aromatic carbocycles. The van der Waals surface area contributed by atoms with Crippen LogP contribution in [0.5, 0.6) is 0 Å². The van der Waals surface area contributed by atoms with Crippen LogP contribution >= 0.6 is 0 Å². The second-order valence-corrected chi connectivity index (χ2v) is 6.28. The van der Waals surface area contributed by atoms with Gasteiger partial charge in [0.1, 0.15) is 5.56 Å². The monoisotopic (exact) mass is 287 g/mol. The van der Waals surface area contributed by atoms with Gasteiger partial charge in [0, 0.05) is 31.0 Å². The van der Waals surface area contributed by atoms with E-state index in [9.17, 15) is 4.79 Å². The molecule has 0 spiro atoms. The Morgan fingerprint density at radius 1 is 1.38 bits per heavy atom. The maximum atomic E-state index is 12.9. The smallest absolute Gasteiger partial charge is 0.259 e. The fourth-order valence-electron chi connectivity index (χ4n) is 2.93. The van der Waals surface area contributed by atoms with Crippen molar-refractivity contribution in [3.05, 3.63) is 29.2 Å². The van der Waals surface area contributed by atoms with Crippen LogP contribution in [-0.4, -0.2) is 50.6 Å². The molecule has 3 heterocycles. The SMILES string of the molecule is Cc1cc(C)n2ncc(C(=O)N3CCNCC3(C)C)c2n1. The number of rotatable bonds is 1. The molecule has 0 unspecified atom stereocenters. The summed E-state index contributed by atoms with van der Waals surface area (Å²) < 4.78 is 1.73. The quantitative estimate of drug-likeness (QED) is 0.855. The van der Waals surface area contributed by atoms with Gasteiger partial charge < -0.3 is 10.2 Å². The van der Waals surface area contributed by atoms with Crippen LogP contribution in [0.15, 0.2) is 12.3 Å². The summed E-state index contributed by atoms with van der Waals surface area (Å²) in [7, 11) is 0. The van der Waals surface area contributed by atoms with Crippen molar-refractivity contribution in [2.75, 3.05) is 19.6 Å². The molecular formula is C15H21N5O. The first-order valence-corrected chi connectivity index (χ1v) is 7.25. The Labute approximate surface area is 124 Å². The van der Waals surface area contributed by atoms with E-state index in [0.717, 1.165) is 24.5 Å². The zero-order valence-electron chi connectivity index (χ0n) is 13.0. The van der Waals surface area contributed by atoms with Crippen LogP contribution in [0.1, 0.15) is 35.6 Å². The van der Waals surface area contributed by atoms with Gasteiger partial charge in [-0.2, -0.15) is 5.10 Å². The molecule has 3 rings (SSSR count). The molecule has 1 fully saturated rings. The van der Waals surface area contributed by atoms with Crippen molar-refractivity contribution in [2.24, 2.45) is 0 Å². The molecule has 1 amide bonds. The van der Waals surface area contributed by atoms with E-state index in [0.29, 0.717) is 17.8 Å². The van der Waals surface area contributed by atoms with E-state index >= 15 is 0 Å². The average molecular weight is 287 g/mol. The second kappa shape index (κ2) is 4.80. The lowest BCUT2D eigenvalue weighted by molar-refractivity contribution is 0.0479. The number of fused-ring (bicyclic) bond motifs is 1. The van der Waals surface area contributed by atoms with E-state index in [2.05, 4.69) is 29.2 Å². The first-order chi connectivity index (χ1) is 9.90. The third-order valence-electron chi connectivity index (χ3n) is 4.05. The van der Waals surface area contributed by atoms with E-state index in [1.54, 1.807) is 10.7 Å². The molecule has 1 aliphatic rings.